The molecule has 0 radical (unpaired) electrons. The molecule has 0 saturated carbocycles. The van der Waals surface area contributed by atoms with Crippen LogP contribution < -0.4 is 0 Å². The molecular formula is C13H8ClNO3. The standard InChI is InChI=1S/C13H8ClNO3/c1-6-4-7-2-3-8-9(14)5-10(13(16)17)15-11(8)12(7)18-6/h2-5H,1H3,(H,16,17). The molecule has 0 amide bonds. The van der Waals surface area contributed by atoms with Gasteiger partial charge in [-0.2, -0.15) is 0 Å². The summed E-state index contributed by atoms with van der Waals surface area (Å²) in [6, 6.07) is 6.90. The van der Waals surface area contributed by atoms with Crippen molar-refractivity contribution in [1.29, 1.82) is 0 Å². The fourth-order valence-electron chi connectivity index (χ4n) is 1.98. The Kier molecular flexibility index (Phi) is 2.28. The van der Waals surface area contributed by atoms with Crippen molar-refractivity contribution in [3.8, 4) is 0 Å². The molecule has 0 aliphatic carbocycles. The zero-order valence-corrected chi connectivity index (χ0v) is 10.2. The number of rotatable bonds is 1. The van der Waals surface area contributed by atoms with E-state index in [4.69, 9.17) is 21.1 Å². The lowest BCUT2D eigenvalue weighted by Gasteiger charge is -2.02. The van der Waals surface area contributed by atoms with Gasteiger partial charge in [0.25, 0.3) is 0 Å². The molecule has 5 heteroatoms. The molecule has 0 unspecified atom stereocenters. The second-order valence-electron chi connectivity index (χ2n) is 4.03. The van der Waals surface area contributed by atoms with E-state index in [1.54, 1.807) is 0 Å². The van der Waals surface area contributed by atoms with Crippen molar-refractivity contribution < 1.29 is 14.3 Å². The molecule has 0 bridgehead atoms. The maximum Gasteiger partial charge on any atom is 0.354 e. The first-order valence-corrected chi connectivity index (χ1v) is 5.67. The highest BCUT2D eigenvalue weighted by molar-refractivity contribution is 6.36. The average molecular weight is 262 g/mol. The van der Waals surface area contributed by atoms with Crippen molar-refractivity contribution in [3.63, 3.8) is 0 Å². The quantitative estimate of drug-likeness (QED) is 0.726. The van der Waals surface area contributed by atoms with Gasteiger partial charge < -0.3 is 9.52 Å². The molecule has 0 aliphatic heterocycles. The van der Waals surface area contributed by atoms with Crippen LogP contribution in [0, 0.1) is 6.92 Å². The summed E-state index contributed by atoms with van der Waals surface area (Å²) in [5, 5.41) is 10.9. The van der Waals surface area contributed by atoms with E-state index in [0.717, 1.165) is 11.1 Å². The highest BCUT2D eigenvalue weighted by Crippen LogP contribution is 2.31. The molecular weight excluding hydrogens is 254 g/mol. The van der Waals surface area contributed by atoms with Crippen molar-refractivity contribution in [2.24, 2.45) is 0 Å². The van der Waals surface area contributed by atoms with Gasteiger partial charge in [-0.05, 0) is 19.1 Å². The van der Waals surface area contributed by atoms with Crippen LogP contribution >= 0.6 is 11.6 Å². The minimum atomic E-state index is -1.11. The molecule has 1 aromatic carbocycles. The van der Waals surface area contributed by atoms with Gasteiger partial charge in [0.1, 0.15) is 11.3 Å². The number of hydrogen-bond acceptors (Lipinski definition) is 3. The lowest BCUT2D eigenvalue weighted by Crippen LogP contribution is -2.00. The Labute approximate surface area is 107 Å². The van der Waals surface area contributed by atoms with Gasteiger partial charge in [0.05, 0.1) is 5.02 Å². The van der Waals surface area contributed by atoms with Crippen molar-refractivity contribution >= 4 is 39.4 Å². The predicted octanol–water partition coefficient (Wildman–Crippen LogP) is 3.64. The fourth-order valence-corrected chi connectivity index (χ4v) is 2.24. The number of carboxylic acids is 1. The molecule has 3 rings (SSSR count). The van der Waals surface area contributed by atoms with Gasteiger partial charge in [0.2, 0.25) is 0 Å². The van der Waals surface area contributed by atoms with E-state index >= 15 is 0 Å². The first kappa shape index (κ1) is 11.0. The van der Waals surface area contributed by atoms with Crippen molar-refractivity contribution in [3.05, 3.63) is 40.7 Å². The number of hydrogen-bond donors (Lipinski definition) is 1. The van der Waals surface area contributed by atoms with Crippen LogP contribution in [0.3, 0.4) is 0 Å². The maximum atomic E-state index is 11.0. The monoisotopic (exact) mass is 261 g/mol. The molecule has 0 aliphatic rings. The minimum absolute atomic E-state index is 0.0888. The predicted molar refractivity (Wildman–Crippen MR) is 68.2 cm³/mol. The Hall–Kier alpha value is -2.07. The van der Waals surface area contributed by atoms with Crippen LogP contribution in [0.15, 0.2) is 28.7 Å². The third-order valence-corrected chi connectivity index (χ3v) is 3.07. The van der Waals surface area contributed by atoms with E-state index in [0.29, 0.717) is 21.5 Å². The van der Waals surface area contributed by atoms with Gasteiger partial charge in [0.15, 0.2) is 11.3 Å². The summed E-state index contributed by atoms with van der Waals surface area (Å²) in [5.74, 6) is -0.366. The van der Waals surface area contributed by atoms with E-state index in [9.17, 15) is 4.79 Å². The van der Waals surface area contributed by atoms with Crippen LogP contribution in [0.4, 0.5) is 0 Å². The van der Waals surface area contributed by atoms with Gasteiger partial charge in [0, 0.05) is 10.8 Å². The van der Waals surface area contributed by atoms with Gasteiger partial charge in [-0.3, -0.25) is 0 Å². The summed E-state index contributed by atoms with van der Waals surface area (Å²) in [6.07, 6.45) is 0. The van der Waals surface area contributed by atoms with Gasteiger partial charge in [-0.1, -0.05) is 23.7 Å². The number of aryl methyl sites for hydroxylation is 1. The zero-order valence-electron chi connectivity index (χ0n) is 9.40. The lowest BCUT2D eigenvalue weighted by molar-refractivity contribution is 0.0691. The van der Waals surface area contributed by atoms with E-state index in [2.05, 4.69) is 4.98 Å². The molecule has 4 nitrogen and oxygen atoms in total. The summed E-state index contributed by atoms with van der Waals surface area (Å²) in [5.41, 5.74) is 0.953. The number of pyridine rings is 1. The van der Waals surface area contributed by atoms with E-state index in [1.807, 2.05) is 25.1 Å². The van der Waals surface area contributed by atoms with Gasteiger partial charge in [-0.15, -0.1) is 0 Å². The van der Waals surface area contributed by atoms with Crippen LogP contribution in [-0.4, -0.2) is 16.1 Å². The number of carboxylic acid groups (broad SMARTS) is 1. The Morgan fingerprint density at radius 1 is 1.39 bits per heavy atom. The third-order valence-electron chi connectivity index (χ3n) is 2.76. The number of benzene rings is 1. The highest BCUT2D eigenvalue weighted by Gasteiger charge is 2.14. The van der Waals surface area contributed by atoms with Crippen LogP contribution in [0.2, 0.25) is 5.02 Å². The largest absolute Gasteiger partial charge is 0.477 e. The number of aromatic nitrogens is 1. The summed E-state index contributed by atoms with van der Waals surface area (Å²) in [4.78, 5) is 15.1. The minimum Gasteiger partial charge on any atom is -0.477 e. The van der Waals surface area contributed by atoms with E-state index < -0.39 is 5.97 Å². The number of halogens is 1. The number of aromatic carboxylic acids is 1. The Bertz CT molecular complexity index is 792. The summed E-state index contributed by atoms with van der Waals surface area (Å²) in [6.45, 7) is 1.83. The Balaban J connectivity index is 2.50. The number of fused-ring (bicyclic) bond motifs is 3. The summed E-state index contributed by atoms with van der Waals surface area (Å²) >= 11 is 6.07. The Morgan fingerprint density at radius 2 is 2.17 bits per heavy atom. The SMILES string of the molecule is Cc1cc2ccc3c(Cl)cc(C(=O)O)nc3c2o1. The summed E-state index contributed by atoms with van der Waals surface area (Å²) in [7, 11) is 0. The maximum absolute atomic E-state index is 11.0. The topological polar surface area (TPSA) is 63.3 Å². The first-order chi connectivity index (χ1) is 8.56. The summed E-state index contributed by atoms with van der Waals surface area (Å²) < 4.78 is 5.56. The van der Waals surface area contributed by atoms with Crippen LogP contribution in [0.25, 0.3) is 21.9 Å². The molecule has 0 saturated heterocycles. The van der Waals surface area contributed by atoms with E-state index in [-0.39, 0.29) is 5.69 Å². The number of carbonyl (C=O) groups is 1. The fraction of sp³-hybridized carbons (Fsp3) is 0.0769. The average Bonchev–Trinajstić information content (AvgIpc) is 2.69. The highest BCUT2D eigenvalue weighted by atomic mass is 35.5. The number of furan rings is 1. The third kappa shape index (κ3) is 1.54. The van der Waals surface area contributed by atoms with Crippen LogP contribution in [-0.2, 0) is 0 Å². The van der Waals surface area contributed by atoms with Crippen LogP contribution in [0.1, 0.15) is 16.2 Å². The number of nitrogens with zero attached hydrogens (tertiary/aromatic N) is 1. The van der Waals surface area contributed by atoms with Crippen LogP contribution in [0.5, 0.6) is 0 Å². The second kappa shape index (κ2) is 3.71. The smallest absolute Gasteiger partial charge is 0.354 e. The van der Waals surface area contributed by atoms with Gasteiger partial charge >= 0.3 is 5.97 Å². The zero-order chi connectivity index (χ0) is 12.9. The molecule has 90 valence electrons. The second-order valence-corrected chi connectivity index (χ2v) is 4.44. The molecule has 18 heavy (non-hydrogen) atoms. The first-order valence-electron chi connectivity index (χ1n) is 5.29. The molecule has 0 atom stereocenters. The Morgan fingerprint density at radius 3 is 2.89 bits per heavy atom. The van der Waals surface area contributed by atoms with Gasteiger partial charge in [-0.25, -0.2) is 9.78 Å². The van der Waals surface area contributed by atoms with Crippen molar-refractivity contribution in [2.75, 3.05) is 0 Å². The molecule has 0 spiro atoms. The molecule has 3 aromatic rings. The molecule has 2 aromatic heterocycles. The normalized spacial score (nSPS) is 11.2. The lowest BCUT2D eigenvalue weighted by atomic mass is 10.1. The van der Waals surface area contributed by atoms with Crippen molar-refractivity contribution in [1.82, 2.24) is 4.98 Å². The van der Waals surface area contributed by atoms with Crippen molar-refractivity contribution in [2.45, 2.75) is 6.92 Å². The van der Waals surface area contributed by atoms with E-state index in [1.165, 1.54) is 6.07 Å². The molecule has 0 fully saturated rings. The molecule has 1 N–H and O–H groups in total. The molecule has 2 heterocycles.